The molecule has 3 N–H and O–H groups in total. The fourth-order valence-corrected chi connectivity index (χ4v) is 6.17. The summed E-state index contributed by atoms with van der Waals surface area (Å²) >= 11 is 0. The van der Waals surface area contributed by atoms with E-state index in [4.69, 9.17) is 15.5 Å². The topological polar surface area (TPSA) is 140 Å². The number of nitrogen functional groups attached to an aromatic ring is 1. The number of nitrogens with two attached hydrogens (primary N) is 1. The highest BCUT2D eigenvalue weighted by Crippen LogP contribution is 2.34. The smallest absolute Gasteiger partial charge is 0.281 e. The Labute approximate surface area is 225 Å². The van der Waals surface area contributed by atoms with Crippen molar-refractivity contribution in [1.82, 2.24) is 19.7 Å². The summed E-state index contributed by atoms with van der Waals surface area (Å²) in [4.78, 5) is 28.5. The van der Waals surface area contributed by atoms with Crippen LogP contribution in [0.4, 0.5) is 11.6 Å². The maximum Gasteiger partial charge on any atom is 0.281 e. The van der Waals surface area contributed by atoms with Crippen LogP contribution >= 0.6 is 0 Å². The van der Waals surface area contributed by atoms with Gasteiger partial charge in [0.25, 0.3) is 15.9 Å². The zero-order chi connectivity index (χ0) is 26.9. The molecular weight excluding hydrogens is 504 g/mol. The van der Waals surface area contributed by atoms with Crippen molar-refractivity contribution in [3.63, 3.8) is 0 Å². The van der Waals surface area contributed by atoms with Crippen LogP contribution in [0.3, 0.4) is 0 Å². The molecule has 2 atom stereocenters. The molecule has 0 bridgehead atoms. The van der Waals surface area contributed by atoms with Crippen LogP contribution in [0.15, 0.2) is 53.8 Å². The van der Waals surface area contributed by atoms with Crippen molar-refractivity contribution in [2.45, 2.75) is 75.6 Å². The van der Waals surface area contributed by atoms with Crippen molar-refractivity contribution in [1.29, 1.82) is 0 Å². The third-order valence-corrected chi connectivity index (χ3v) is 8.41. The number of hydrogen-bond donors (Lipinski definition) is 2. The summed E-state index contributed by atoms with van der Waals surface area (Å²) in [5.41, 5.74) is 7.18. The highest BCUT2D eigenvalue weighted by molar-refractivity contribution is 7.90. The van der Waals surface area contributed by atoms with Gasteiger partial charge >= 0.3 is 0 Å². The number of nitrogens with one attached hydrogen (secondary N) is 1. The summed E-state index contributed by atoms with van der Waals surface area (Å²) in [6.07, 6.45) is 9.89. The van der Waals surface area contributed by atoms with Crippen molar-refractivity contribution >= 4 is 27.6 Å². The quantitative estimate of drug-likeness (QED) is 0.445. The lowest BCUT2D eigenvalue weighted by Crippen LogP contribution is -2.37. The minimum atomic E-state index is -4.24. The third-order valence-electron chi connectivity index (χ3n) is 7.18. The lowest BCUT2D eigenvalue weighted by molar-refractivity contribution is 0.0981. The van der Waals surface area contributed by atoms with E-state index in [1.165, 1.54) is 31.0 Å². The zero-order valence-corrected chi connectivity index (χ0v) is 22.3. The molecule has 1 aliphatic carbocycles. The lowest BCUT2D eigenvalue weighted by atomic mass is 10.1. The van der Waals surface area contributed by atoms with Gasteiger partial charge in [-0.15, -0.1) is 0 Å². The molecule has 1 amide bonds. The Kier molecular flexibility index (Phi) is 7.20. The number of carbonyl (C=O) groups excluding carboxylic acids is 1. The van der Waals surface area contributed by atoms with Gasteiger partial charge < -0.3 is 15.4 Å². The zero-order valence-electron chi connectivity index (χ0n) is 21.5. The van der Waals surface area contributed by atoms with Crippen LogP contribution in [0.2, 0.25) is 0 Å². The Morgan fingerprint density at radius 3 is 2.50 bits per heavy atom. The molecule has 0 radical (unpaired) electrons. The fourth-order valence-electron chi connectivity index (χ4n) is 5.23. The number of carbonyl (C=O) groups is 1. The van der Waals surface area contributed by atoms with Crippen LogP contribution in [-0.2, 0) is 10.0 Å². The first-order valence-electron chi connectivity index (χ1n) is 12.9. The molecule has 204 valence electrons. The fraction of sp³-hybridized carbons (Fsp3) is 0.407. The van der Waals surface area contributed by atoms with E-state index >= 15 is 0 Å². The number of nitrogens with zero attached hydrogens (tertiary/aromatic N) is 4. The Balaban J connectivity index is 0.00000220. The maximum absolute atomic E-state index is 13.4. The third kappa shape index (κ3) is 5.42. The van der Waals surface area contributed by atoms with Crippen LogP contribution in [0, 0.1) is 0 Å². The largest absolute Gasteiger partial charge is 0.489 e. The molecule has 4 heterocycles. The molecule has 1 aliphatic heterocycles. The number of pyridine rings is 3. The van der Waals surface area contributed by atoms with Gasteiger partial charge in [-0.3, -0.25) is 9.78 Å². The Morgan fingerprint density at radius 2 is 1.79 bits per heavy atom. The van der Waals surface area contributed by atoms with Gasteiger partial charge in [0.05, 0.1) is 23.6 Å². The monoisotopic (exact) mass is 540 g/mol. The van der Waals surface area contributed by atoms with Gasteiger partial charge in [0.1, 0.15) is 17.4 Å². The first kappa shape index (κ1) is 25.9. The second kappa shape index (κ2) is 10.6. The van der Waals surface area contributed by atoms with Crippen LogP contribution in [0.5, 0.6) is 5.75 Å². The van der Waals surface area contributed by atoms with Gasteiger partial charge in [-0.25, -0.2) is 14.7 Å². The van der Waals surface area contributed by atoms with E-state index in [0.717, 1.165) is 31.2 Å². The molecule has 2 fully saturated rings. The van der Waals surface area contributed by atoms with Gasteiger partial charge in [0, 0.05) is 26.7 Å². The molecule has 11 heteroatoms. The summed E-state index contributed by atoms with van der Waals surface area (Å²) in [5, 5.41) is -0.329. The van der Waals surface area contributed by atoms with Gasteiger partial charge in [0.15, 0.2) is 5.03 Å². The van der Waals surface area contributed by atoms with Crippen LogP contribution in [0.1, 0.15) is 65.6 Å². The number of rotatable bonds is 7. The van der Waals surface area contributed by atoms with Gasteiger partial charge in [-0.1, -0.05) is 6.07 Å². The number of amides is 1. The van der Waals surface area contributed by atoms with Crippen LogP contribution in [0.25, 0.3) is 11.3 Å². The number of anilines is 2. The average Bonchev–Trinajstić information content (AvgIpc) is 3.52. The molecule has 1 saturated heterocycles. The number of hydrogen-bond acceptors (Lipinski definition) is 9. The highest BCUT2D eigenvalue weighted by atomic mass is 32.2. The van der Waals surface area contributed by atoms with E-state index in [1.807, 2.05) is 6.07 Å². The summed E-state index contributed by atoms with van der Waals surface area (Å²) < 4.78 is 34.0. The predicted octanol–water partition coefficient (Wildman–Crippen LogP) is 4.43. The minimum absolute atomic E-state index is 0. The minimum Gasteiger partial charge on any atom is -0.489 e. The molecule has 3 aromatic heterocycles. The van der Waals surface area contributed by atoms with Crippen LogP contribution < -0.4 is 20.1 Å². The molecule has 5 rings (SSSR count). The molecule has 0 spiro atoms. The van der Waals surface area contributed by atoms with Crippen LogP contribution in [-0.4, -0.2) is 47.5 Å². The van der Waals surface area contributed by atoms with E-state index < -0.39 is 15.9 Å². The first-order valence-corrected chi connectivity index (χ1v) is 14.4. The molecule has 1 saturated carbocycles. The first-order chi connectivity index (χ1) is 18.2. The summed E-state index contributed by atoms with van der Waals surface area (Å²) in [6, 6.07) is 9.69. The standard InChI is InChI=1S/C27H32N6O4S.2H2/c1-17-10-11-18(2)33(17)26-22(27(34)32-38(35,36)25-9-5-8-24(28)31-25)12-13-23(30-26)19-14-21(16-29-15-19)37-20-6-3-4-7-20;;/h5,8-9,12-18,20H,3-4,6-7,10-11H2,1-2H3,(H2,28,31)(H,32,34);2*1H/t17-,18+;;. The predicted molar refractivity (Wildman–Crippen MR) is 149 cm³/mol. The van der Waals surface area contributed by atoms with E-state index in [1.54, 1.807) is 24.5 Å². The summed E-state index contributed by atoms with van der Waals surface area (Å²) in [5.74, 6) is 0.365. The van der Waals surface area contributed by atoms with Crippen molar-refractivity contribution in [2.24, 2.45) is 0 Å². The Bertz CT molecular complexity index is 1440. The van der Waals surface area contributed by atoms with E-state index in [9.17, 15) is 13.2 Å². The van der Waals surface area contributed by atoms with Gasteiger partial charge in [0.2, 0.25) is 0 Å². The van der Waals surface area contributed by atoms with Crippen molar-refractivity contribution in [2.75, 3.05) is 10.6 Å². The lowest BCUT2D eigenvalue weighted by Gasteiger charge is -2.29. The number of aromatic nitrogens is 3. The van der Waals surface area contributed by atoms with Gasteiger partial charge in [-0.05, 0) is 82.7 Å². The molecular formula is C27H36N6O4S. The molecule has 3 aromatic rings. The highest BCUT2D eigenvalue weighted by Gasteiger charge is 2.33. The maximum atomic E-state index is 13.4. The van der Waals surface area contributed by atoms with E-state index in [-0.39, 0.29) is 37.4 Å². The summed E-state index contributed by atoms with van der Waals surface area (Å²) in [7, 11) is -4.24. The normalized spacial score (nSPS) is 20.0. The Hall–Kier alpha value is -3.73. The van der Waals surface area contributed by atoms with E-state index in [0.29, 0.717) is 17.3 Å². The van der Waals surface area contributed by atoms with E-state index in [2.05, 4.69) is 33.4 Å². The van der Waals surface area contributed by atoms with Gasteiger partial charge in [-0.2, -0.15) is 8.42 Å². The molecule has 0 aromatic carbocycles. The van der Waals surface area contributed by atoms with Crippen molar-refractivity contribution < 1.29 is 20.8 Å². The second-order valence-electron chi connectivity index (χ2n) is 10.0. The second-order valence-corrected chi connectivity index (χ2v) is 11.6. The molecule has 10 nitrogen and oxygen atoms in total. The number of ether oxygens (including phenoxy) is 1. The average molecular weight is 541 g/mol. The molecule has 2 aliphatic rings. The Morgan fingerprint density at radius 1 is 1.05 bits per heavy atom. The van der Waals surface area contributed by atoms with Crippen molar-refractivity contribution in [3.05, 3.63) is 54.4 Å². The van der Waals surface area contributed by atoms with Crippen molar-refractivity contribution in [3.8, 4) is 17.0 Å². The molecule has 38 heavy (non-hydrogen) atoms. The molecule has 0 unspecified atom stereocenters. The number of sulfonamides is 1. The summed E-state index contributed by atoms with van der Waals surface area (Å²) in [6.45, 7) is 4.15. The SMILES string of the molecule is C[C@@H]1CC[C@H](C)N1c1nc(-c2cncc(OC3CCCC3)c2)ccc1C(=O)NS(=O)(=O)c1cccc(N)n1.[HH].[HH].